The van der Waals surface area contributed by atoms with Crippen molar-refractivity contribution in [2.75, 3.05) is 12.4 Å². The number of carboxylic acids is 1. The van der Waals surface area contributed by atoms with E-state index in [1.54, 1.807) is 24.3 Å². The molecular weight excluding hydrogens is 407 g/mol. The van der Waals surface area contributed by atoms with E-state index in [0.29, 0.717) is 16.5 Å². The van der Waals surface area contributed by atoms with Crippen LogP contribution in [0.3, 0.4) is 0 Å². The molecule has 0 bridgehead atoms. The Morgan fingerprint density at radius 1 is 1.10 bits per heavy atom. The Balaban J connectivity index is 2.00. The number of hydrogen-bond donors (Lipinski definition) is 2. The zero-order chi connectivity index (χ0) is 21.3. The fraction of sp³-hybridized carbons (Fsp3) is 0.100. The number of amides is 1. The lowest BCUT2D eigenvalue weighted by atomic mass is 10.1. The Labute approximate surface area is 167 Å². The topological polar surface area (TPSA) is 75.6 Å². The van der Waals surface area contributed by atoms with Crippen LogP contribution < -0.4 is 10.1 Å². The second-order valence-electron chi connectivity index (χ2n) is 6.05. The lowest BCUT2D eigenvalue weighted by Crippen LogP contribution is -2.17. The number of methoxy groups -OCH3 is 1. The van der Waals surface area contributed by atoms with Gasteiger partial charge in [0, 0.05) is 5.38 Å². The first kappa shape index (κ1) is 20.4. The Morgan fingerprint density at radius 3 is 2.34 bits per heavy atom. The van der Waals surface area contributed by atoms with E-state index in [1.807, 2.05) is 6.92 Å². The summed E-state index contributed by atoms with van der Waals surface area (Å²) in [5, 5.41) is 13.2. The third kappa shape index (κ3) is 3.81. The van der Waals surface area contributed by atoms with Crippen LogP contribution in [0.1, 0.15) is 26.3 Å². The third-order valence-corrected chi connectivity index (χ3v) is 5.16. The molecule has 3 rings (SSSR count). The number of carboxylic acid groups (broad SMARTS) is 1. The van der Waals surface area contributed by atoms with Gasteiger partial charge in [-0.2, -0.15) is 4.39 Å². The van der Waals surface area contributed by atoms with Crippen molar-refractivity contribution in [2.24, 2.45) is 0 Å². The van der Waals surface area contributed by atoms with E-state index in [2.05, 4.69) is 10.1 Å². The number of rotatable bonds is 5. The average Bonchev–Trinajstić information content (AvgIpc) is 3.09. The van der Waals surface area contributed by atoms with Gasteiger partial charge in [0.15, 0.2) is 17.4 Å². The molecule has 0 saturated carbocycles. The van der Waals surface area contributed by atoms with Crippen molar-refractivity contribution in [2.45, 2.75) is 6.92 Å². The number of hydrogen-bond acceptors (Lipinski definition) is 4. The minimum atomic E-state index is -1.65. The van der Waals surface area contributed by atoms with Gasteiger partial charge in [-0.25, -0.2) is 13.6 Å². The number of ether oxygens (including phenoxy) is 1. The van der Waals surface area contributed by atoms with Crippen molar-refractivity contribution in [1.29, 1.82) is 0 Å². The monoisotopic (exact) mass is 421 g/mol. The molecule has 0 aliphatic rings. The zero-order valence-corrected chi connectivity index (χ0v) is 16.0. The number of aromatic carboxylic acids is 1. The zero-order valence-electron chi connectivity index (χ0n) is 15.2. The fourth-order valence-corrected chi connectivity index (χ4v) is 3.70. The summed E-state index contributed by atoms with van der Waals surface area (Å²) in [7, 11) is 0.956. The molecule has 0 aliphatic carbocycles. The lowest BCUT2D eigenvalue weighted by molar-refractivity contribution is 0.0699. The summed E-state index contributed by atoms with van der Waals surface area (Å²) in [6.45, 7) is 1.88. The average molecular weight is 421 g/mol. The maximum Gasteiger partial charge on any atom is 0.339 e. The SMILES string of the molecule is COc1c(F)cc(C(=O)Nc2csc(-c3ccc(C)cc3)c2C(=O)O)c(F)c1F. The number of benzene rings is 2. The Bertz CT molecular complexity index is 1110. The van der Waals surface area contributed by atoms with Crippen LogP contribution in [0.25, 0.3) is 10.4 Å². The molecule has 150 valence electrons. The molecule has 0 aliphatic heterocycles. The number of carbonyl (C=O) groups excluding carboxylic acids is 1. The predicted molar refractivity (Wildman–Crippen MR) is 102 cm³/mol. The highest BCUT2D eigenvalue weighted by molar-refractivity contribution is 7.14. The molecule has 0 atom stereocenters. The third-order valence-electron chi connectivity index (χ3n) is 4.13. The van der Waals surface area contributed by atoms with E-state index < -0.39 is 40.6 Å². The minimum absolute atomic E-state index is 0.112. The van der Waals surface area contributed by atoms with Crippen molar-refractivity contribution in [1.82, 2.24) is 0 Å². The van der Waals surface area contributed by atoms with Crippen molar-refractivity contribution in [3.8, 4) is 16.2 Å². The van der Waals surface area contributed by atoms with E-state index in [1.165, 1.54) is 5.38 Å². The van der Waals surface area contributed by atoms with Crippen molar-refractivity contribution >= 4 is 28.9 Å². The molecule has 3 aromatic rings. The van der Waals surface area contributed by atoms with E-state index >= 15 is 0 Å². The number of thiophene rings is 1. The number of aryl methyl sites for hydroxylation is 1. The van der Waals surface area contributed by atoms with Crippen LogP contribution in [-0.2, 0) is 0 Å². The number of carbonyl (C=O) groups is 2. The van der Waals surface area contributed by atoms with Gasteiger partial charge >= 0.3 is 5.97 Å². The highest BCUT2D eigenvalue weighted by atomic mass is 32.1. The molecule has 2 N–H and O–H groups in total. The molecule has 9 heteroatoms. The summed E-state index contributed by atoms with van der Waals surface area (Å²) < 4.78 is 46.3. The standard InChI is InChI=1S/C20H14F3NO4S/c1-9-3-5-10(6-4-9)18-14(20(26)27)13(8-29-18)24-19(25)11-7-12(21)17(28-2)16(23)15(11)22/h3-8H,1-2H3,(H,24,25)(H,26,27). The highest BCUT2D eigenvalue weighted by Crippen LogP contribution is 2.37. The first-order valence-corrected chi connectivity index (χ1v) is 9.07. The van der Waals surface area contributed by atoms with E-state index in [0.717, 1.165) is 24.0 Å². The van der Waals surface area contributed by atoms with E-state index in [9.17, 15) is 27.9 Å². The van der Waals surface area contributed by atoms with Gasteiger partial charge < -0.3 is 15.2 Å². The van der Waals surface area contributed by atoms with Crippen LogP contribution in [0.15, 0.2) is 35.7 Å². The molecule has 29 heavy (non-hydrogen) atoms. The normalized spacial score (nSPS) is 10.7. The molecule has 0 saturated heterocycles. The van der Waals surface area contributed by atoms with Crippen LogP contribution in [0.2, 0.25) is 0 Å². The molecule has 5 nitrogen and oxygen atoms in total. The largest absolute Gasteiger partial charge is 0.491 e. The summed E-state index contributed by atoms with van der Waals surface area (Å²) in [6, 6.07) is 7.55. The molecule has 0 spiro atoms. The number of anilines is 1. The van der Waals surface area contributed by atoms with Crippen LogP contribution in [0.4, 0.5) is 18.9 Å². The summed E-state index contributed by atoms with van der Waals surface area (Å²) in [5.74, 6) is -7.99. The Kier molecular flexibility index (Phi) is 5.60. The molecule has 1 amide bonds. The van der Waals surface area contributed by atoms with Gasteiger partial charge in [-0.1, -0.05) is 29.8 Å². The fourth-order valence-electron chi connectivity index (χ4n) is 2.70. The van der Waals surface area contributed by atoms with Crippen LogP contribution in [0.5, 0.6) is 5.75 Å². The summed E-state index contributed by atoms with van der Waals surface area (Å²) >= 11 is 1.06. The van der Waals surface area contributed by atoms with Crippen molar-refractivity contribution < 1.29 is 32.6 Å². The van der Waals surface area contributed by atoms with Gasteiger partial charge in [-0.3, -0.25) is 4.79 Å². The second kappa shape index (κ2) is 7.96. The highest BCUT2D eigenvalue weighted by Gasteiger charge is 2.26. The van der Waals surface area contributed by atoms with Crippen LogP contribution >= 0.6 is 11.3 Å². The maximum absolute atomic E-state index is 14.2. The van der Waals surface area contributed by atoms with Crippen LogP contribution in [0, 0.1) is 24.4 Å². The molecular formula is C20H14F3NO4S. The number of halogens is 3. The summed E-state index contributed by atoms with van der Waals surface area (Å²) in [6.07, 6.45) is 0. The Hall–Kier alpha value is -3.33. The van der Waals surface area contributed by atoms with Gasteiger partial charge in [0.25, 0.3) is 5.91 Å². The smallest absolute Gasteiger partial charge is 0.339 e. The lowest BCUT2D eigenvalue weighted by Gasteiger charge is -2.10. The maximum atomic E-state index is 14.2. The first-order valence-electron chi connectivity index (χ1n) is 8.19. The minimum Gasteiger partial charge on any atom is -0.491 e. The molecule has 2 aromatic carbocycles. The molecule has 1 aromatic heterocycles. The van der Waals surface area contributed by atoms with Gasteiger partial charge in [0.05, 0.1) is 23.2 Å². The first-order chi connectivity index (χ1) is 13.7. The summed E-state index contributed by atoms with van der Waals surface area (Å²) in [5.41, 5.74) is 0.363. The second-order valence-corrected chi connectivity index (χ2v) is 6.93. The molecule has 1 heterocycles. The Morgan fingerprint density at radius 2 is 1.76 bits per heavy atom. The molecule has 0 unspecified atom stereocenters. The van der Waals surface area contributed by atoms with Gasteiger partial charge in [0.1, 0.15) is 5.56 Å². The molecule has 0 radical (unpaired) electrons. The predicted octanol–water partition coefficient (Wildman–Crippen LogP) is 5.10. The van der Waals surface area contributed by atoms with Gasteiger partial charge in [-0.15, -0.1) is 11.3 Å². The van der Waals surface area contributed by atoms with Crippen LogP contribution in [-0.4, -0.2) is 24.1 Å². The molecule has 0 fully saturated rings. The van der Waals surface area contributed by atoms with E-state index in [-0.39, 0.29) is 11.3 Å². The van der Waals surface area contributed by atoms with Gasteiger partial charge in [0.2, 0.25) is 5.82 Å². The quantitative estimate of drug-likeness (QED) is 0.562. The van der Waals surface area contributed by atoms with Gasteiger partial charge in [-0.05, 0) is 18.6 Å². The van der Waals surface area contributed by atoms with Crippen molar-refractivity contribution in [3.05, 3.63) is 69.9 Å². The van der Waals surface area contributed by atoms with E-state index in [4.69, 9.17) is 0 Å². The van der Waals surface area contributed by atoms with Crippen molar-refractivity contribution in [3.63, 3.8) is 0 Å². The number of nitrogens with one attached hydrogen (secondary N) is 1. The summed E-state index contributed by atoms with van der Waals surface area (Å²) in [4.78, 5) is 24.5.